The van der Waals surface area contributed by atoms with E-state index in [1.165, 1.54) is 6.92 Å². The zero-order valence-corrected chi connectivity index (χ0v) is 26.2. The number of methoxy groups -OCH3 is 1. The monoisotopic (exact) mass is 582 g/mol. The number of carbonyl (C=O) groups excluding carboxylic acids is 2. The smallest absolute Gasteiger partial charge is 0.308 e. The zero-order chi connectivity index (χ0) is 30.9. The Kier molecular flexibility index (Phi) is 14.6. The van der Waals surface area contributed by atoms with E-state index in [1.807, 2.05) is 40.7 Å². The summed E-state index contributed by atoms with van der Waals surface area (Å²) < 4.78 is 23.6. The lowest BCUT2D eigenvalue weighted by molar-refractivity contribution is -0.173. The van der Waals surface area contributed by atoms with Crippen molar-refractivity contribution in [2.24, 2.45) is 29.6 Å². The highest BCUT2D eigenvalue weighted by atomic mass is 16.6. The second kappa shape index (κ2) is 16.9. The lowest BCUT2D eigenvalue weighted by Gasteiger charge is -2.38. The molecule has 0 amide bonds. The van der Waals surface area contributed by atoms with Gasteiger partial charge in [0.2, 0.25) is 0 Å². The highest BCUT2D eigenvalue weighted by Gasteiger charge is 2.37. The number of carbonyl (C=O) groups is 2. The highest BCUT2D eigenvalue weighted by molar-refractivity contribution is 5.91. The Labute approximate surface area is 246 Å². The Bertz CT molecular complexity index is 884. The van der Waals surface area contributed by atoms with Gasteiger partial charge < -0.3 is 34.3 Å². The molecule has 236 valence electrons. The third-order valence-electron chi connectivity index (χ3n) is 8.73. The Morgan fingerprint density at radius 3 is 2.29 bits per heavy atom. The third kappa shape index (κ3) is 10.9. The van der Waals surface area contributed by atoms with Crippen LogP contribution in [-0.2, 0) is 28.5 Å². The second-order valence-electron chi connectivity index (χ2n) is 12.4. The van der Waals surface area contributed by atoms with E-state index >= 15 is 0 Å². The summed E-state index contributed by atoms with van der Waals surface area (Å²) in [5.74, 6) is -1.73. The molecule has 2 aliphatic rings. The fourth-order valence-electron chi connectivity index (χ4n) is 6.07. The van der Waals surface area contributed by atoms with E-state index < -0.39 is 42.6 Å². The van der Waals surface area contributed by atoms with Crippen molar-refractivity contribution < 1.29 is 43.9 Å². The van der Waals surface area contributed by atoms with Crippen molar-refractivity contribution >= 4 is 11.8 Å². The zero-order valence-electron chi connectivity index (χ0n) is 26.2. The maximum atomic E-state index is 13.1. The molecule has 0 saturated heterocycles. The first-order chi connectivity index (χ1) is 19.3. The minimum atomic E-state index is -1.06. The van der Waals surface area contributed by atoms with Crippen LogP contribution in [0.3, 0.4) is 0 Å². The number of aliphatic hydroxyl groups is 3. The van der Waals surface area contributed by atoms with Crippen LogP contribution in [0.5, 0.6) is 0 Å². The van der Waals surface area contributed by atoms with E-state index in [0.717, 1.165) is 5.57 Å². The van der Waals surface area contributed by atoms with Gasteiger partial charge in [-0.1, -0.05) is 52.3 Å². The van der Waals surface area contributed by atoms with Gasteiger partial charge in [0, 0.05) is 31.3 Å². The summed E-state index contributed by atoms with van der Waals surface area (Å²) >= 11 is 0. The van der Waals surface area contributed by atoms with Crippen molar-refractivity contribution in [2.45, 2.75) is 123 Å². The summed E-state index contributed by atoms with van der Waals surface area (Å²) in [6.07, 6.45) is 3.15. The number of ether oxygens (including phenoxy) is 4. The number of allylic oxidation sites excluding steroid dienone is 3. The maximum absolute atomic E-state index is 13.1. The van der Waals surface area contributed by atoms with E-state index in [0.29, 0.717) is 25.7 Å². The number of rotatable bonds is 7. The first-order valence-corrected chi connectivity index (χ1v) is 15.2. The molecule has 0 bridgehead atoms. The van der Waals surface area contributed by atoms with Crippen molar-refractivity contribution in [3.63, 3.8) is 0 Å². The lowest BCUT2D eigenvalue weighted by atomic mass is 9.82. The van der Waals surface area contributed by atoms with Crippen molar-refractivity contribution in [3.8, 4) is 0 Å². The van der Waals surface area contributed by atoms with Gasteiger partial charge in [0.25, 0.3) is 0 Å². The third-order valence-corrected chi connectivity index (χ3v) is 8.73. The van der Waals surface area contributed by atoms with Gasteiger partial charge >= 0.3 is 5.97 Å². The van der Waals surface area contributed by atoms with Crippen molar-refractivity contribution in [3.05, 3.63) is 23.8 Å². The standard InChI is InChI=1S/C32H54O9/c1-9-28-24(17-39-30-14-20(4)26(35)15-29(30)38-8)12-18(2)10-11-25(34)19(3)13-21(5)32(40-23(7)33)22(6)27(36)16-31(37)41-28/h10-12,19-24,26-30,32-33,35-36H,9,13-17H2,1-8H3/b11-10+,18-12+/t19?,20?,21?,22?,23?,24?,26?,27-,28-,29?,30?,32?/m1/s1. The van der Waals surface area contributed by atoms with Crippen molar-refractivity contribution in [2.75, 3.05) is 13.7 Å². The predicted molar refractivity (Wildman–Crippen MR) is 156 cm³/mol. The summed E-state index contributed by atoms with van der Waals surface area (Å²) in [6, 6.07) is 0. The Hall–Kier alpha value is -1.62. The normalized spacial score (nSPS) is 41.2. The average molecular weight is 583 g/mol. The Morgan fingerprint density at radius 1 is 1.00 bits per heavy atom. The number of hydrogen-bond donors (Lipinski definition) is 3. The molecule has 9 nitrogen and oxygen atoms in total. The van der Waals surface area contributed by atoms with Gasteiger partial charge in [-0.25, -0.2) is 0 Å². The molecule has 0 aromatic rings. The van der Waals surface area contributed by atoms with Gasteiger partial charge in [-0.15, -0.1) is 0 Å². The topological polar surface area (TPSA) is 132 Å². The van der Waals surface area contributed by atoms with E-state index in [1.54, 1.807) is 26.2 Å². The Balaban J connectivity index is 2.36. The van der Waals surface area contributed by atoms with E-state index in [4.69, 9.17) is 18.9 Å². The molecule has 0 aromatic heterocycles. The lowest BCUT2D eigenvalue weighted by Crippen LogP contribution is -2.44. The van der Waals surface area contributed by atoms with Crippen molar-refractivity contribution in [1.29, 1.82) is 0 Å². The van der Waals surface area contributed by atoms with Crippen LogP contribution in [-0.4, -0.2) is 83.7 Å². The molecular formula is C32H54O9. The largest absolute Gasteiger partial charge is 0.462 e. The molecule has 0 radical (unpaired) electrons. The number of cyclic esters (lactones) is 1. The molecule has 0 spiro atoms. The van der Waals surface area contributed by atoms with Gasteiger partial charge in [0.05, 0.1) is 43.5 Å². The van der Waals surface area contributed by atoms with Gasteiger partial charge in [0.1, 0.15) is 6.10 Å². The molecule has 1 aliphatic carbocycles. The van der Waals surface area contributed by atoms with E-state index in [-0.39, 0.29) is 54.7 Å². The quantitative estimate of drug-likeness (QED) is 0.301. The van der Waals surface area contributed by atoms with Gasteiger partial charge in [0.15, 0.2) is 12.1 Å². The van der Waals surface area contributed by atoms with Gasteiger partial charge in [-0.05, 0) is 51.0 Å². The molecule has 1 aliphatic heterocycles. The molecule has 10 unspecified atom stereocenters. The van der Waals surface area contributed by atoms with Crippen LogP contribution in [0.2, 0.25) is 0 Å². The van der Waals surface area contributed by atoms with Gasteiger partial charge in [-0.2, -0.15) is 0 Å². The van der Waals surface area contributed by atoms with Crippen LogP contribution in [0.1, 0.15) is 80.6 Å². The molecule has 2 rings (SSSR count). The van der Waals surface area contributed by atoms with Crippen LogP contribution in [0.15, 0.2) is 23.8 Å². The fraction of sp³-hybridized carbons (Fsp3) is 0.812. The summed E-state index contributed by atoms with van der Waals surface area (Å²) in [5, 5.41) is 31.3. The molecule has 12 atom stereocenters. The number of ketones is 1. The molecule has 1 fully saturated rings. The van der Waals surface area contributed by atoms with Gasteiger partial charge in [-0.3, -0.25) is 9.59 Å². The maximum Gasteiger partial charge on any atom is 0.308 e. The summed E-state index contributed by atoms with van der Waals surface area (Å²) in [7, 11) is 1.61. The van der Waals surface area contributed by atoms with Crippen molar-refractivity contribution in [1.82, 2.24) is 0 Å². The molecule has 3 N–H and O–H groups in total. The Morgan fingerprint density at radius 2 is 1.68 bits per heavy atom. The minimum absolute atomic E-state index is 0.0235. The summed E-state index contributed by atoms with van der Waals surface area (Å²) in [4.78, 5) is 26.1. The second-order valence-corrected chi connectivity index (χ2v) is 12.4. The van der Waals surface area contributed by atoms with Crippen LogP contribution in [0.4, 0.5) is 0 Å². The molecule has 9 heteroatoms. The predicted octanol–water partition coefficient (Wildman–Crippen LogP) is 3.97. The number of hydrogen-bond acceptors (Lipinski definition) is 9. The van der Waals surface area contributed by atoms with E-state index in [9.17, 15) is 24.9 Å². The van der Waals surface area contributed by atoms with E-state index in [2.05, 4.69) is 0 Å². The average Bonchev–Trinajstić information content (AvgIpc) is 2.91. The summed E-state index contributed by atoms with van der Waals surface area (Å²) in [5.41, 5.74) is 0.841. The summed E-state index contributed by atoms with van der Waals surface area (Å²) in [6.45, 7) is 13.2. The van der Waals surface area contributed by atoms with Crippen LogP contribution < -0.4 is 0 Å². The van der Waals surface area contributed by atoms with Crippen LogP contribution in [0.25, 0.3) is 0 Å². The van der Waals surface area contributed by atoms with Crippen LogP contribution in [0, 0.1) is 29.6 Å². The first kappa shape index (κ1) is 35.6. The van der Waals surface area contributed by atoms with Crippen LogP contribution >= 0.6 is 0 Å². The molecular weight excluding hydrogens is 528 g/mol. The first-order valence-electron chi connectivity index (χ1n) is 15.2. The molecule has 41 heavy (non-hydrogen) atoms. The number of esters is 1. The minimum Gasteiger partial charge on any atom is -0.462 e. The molecule has 1 saturated carbocycles. The SMILES string of the molecule is CC[C@H]1OC(=O)C[C@@H](O)C(C)C(OC(C)O)C(C)CC(C)C(=O)/C=C/C(C)=C/C1COC1CC(C)C(O)CC1OC. The molecule has 1 heterocycles. The highest BCUT2D eigenvalue weighted by Crippen LogP contribution is 2.31. The fourth-order valence-corrected chi connectivity index (χ4v) is 6.07. The molecule has 0 aromatic carbocycles. The number of aliphatic hydroxyl groups excluding tert-OH is 3.